The van der Waals surface area contributed by atoms with Gasteiger partial charge in [0.25, 0.3) is 0 Å². The molecule has 21 heavy (non-hydrogen) atoms. The molecule has 0 bridgehead atoms. The molecular formula is C16H21BrN2OS. The smallest absolute Gasteiger partial charge is 0.134 e. The molecule has 0 aliphatic heterocycles. The first-order chi connectivity index (χ1) is 10.2. The number of aryl methyl sites for hydroxylation is 1. The van der Waals surface area contributed by atoms with Gasteiger partial charge in [-0.05, 0) is 53.0 Å². The number of rotatable bonds is 8. The van der Waals surface area contributed by atoms with Gasteiger partial charge in [-0.15, -0.1) is 11.3 Å². The molecule has 0 aliphatic rings. The molecule has 0 spiro atoms. The molecule has 0 aliphatic carbocycles. The summed E-state index contributed by atoms with van der Waals surface area (Å²) in [5.41, 5.74) is 2.25. The Hall–Kier alpha value is -0.910. The van der Waals surface area contributed by atoms with E-state index >= 15 is 0 Å². The van der Waals surface area contributed by atoms with Crippen LogP contribution in [0.4, 0.5) is 0 Å². The second-order valence-electron chi connectivity index (χ2n) is 4.82. The molecule has 0 fully saturated rings. The molecule has 1 N–H and O–H groups in total. The Kier molecular flexibility index (Phi) is 6.67. The highest BCUT2D eigenvalue weighted by Crippen LogP contribution is 2.27. The maximum Gasteiger partial charge on any atom is 0.134 e. The Morgan fingerprint density at radius 1 is 1.33 bits per heavy atom. The van der Waals surface area contributed by atoms with Crippen molar-refractivity contribution >= 4 is 27.3 Å². The van der Waals surface area contributed by atoms with E-state index < -0.39 is 0 Å². The van der Waals surface area contributed by atoms with E-state index in [0.717, 1.165) is 41.8 Å². The molecule has 0 saturated heterocycles. The summed E-state index contributed by atoms with van der Waals surface area (Å²) >= 11 is 5.29. The highest BCUT2D eigenvalue weighted by Gasteiger charge is 2.06. The second kappa shape index (κ2) is 8.51. The van der Waals surface area contributed by atoms with Crippen molar-refractivity contribution < 1.29 is 4.74 Å². The van der Waals surface area contributed by atoms with Crippen molar-refractivity contribution in [2.75, 3.05) is 6.54 Å². The zero-order valence-corrected chi connectivity index (χ0v) is 14.9. The van der Waals surface area contributed by atoms with Crippen LogP contribution < -0.4 is 10.1 Å². The summed E-state index contributed by atoms with van der Waals surface area (Å²) < 4.78 is 6.84. The van der Waals surface area contributed by atoms with Crippen molar-refractivity contribution in [1.82, 2.24) is 10.3 Å². The third kappa shape index (κ3) is 5.09. The lowest BCUT2D eigenvalue weighted by molar-refractivity contribution is 0.300. The van der Waals surface area contributed by atoms with Crippen LogP contribution in [0.3, 0.4) is 0 Å². The van der Waals surface area contributed by atoms with Crippen LogP contribution in [0.1, 0.15) is 36.5 Å². The summed E-state index contributed by atoms with van der Waals surface area (Å²) in [5.74, 6) is 0.861. The minimum Gasteiger partial charge on any atom is -0.486 e. The molecule has 0 atom stereocenters. The van der Waals surface area contributed by atoms with Crippen molar-refractivity contribution in [1.29, 1.82) is 0 Å². The fourth-order valence-corrected chi connectivity index (χ4v) is 3.36. The van der Waals surface area contributed by atoms with Crippen LogP contribution in [0.25, 0.3) is 0 Å². The maximum atomic E-state index is 5.85. The minimum absolute atomic E-state index is 0.519. The highest BCUT2D eigenvalue weighted by molar-refractivity contribution is 9.10. The van der Waals surface area contributed by atoms with Crippen molar-refractivity contribution in [3.05, 3.63) is 44.3 Å². The summed E-state index contributed by atoms with van der Waals surface area (Å²) in [6, 6.07) is 6.20. The van der Waals surface area contributed by atoms with Crippen LogP contribution in [0.5, 0.6) is 5.75 Å². The lowest BCUT2D eigenvalue weighted by atomic mass is 10.2. The fourth-order valence-electron chi connectivity index (χ4n) is 1.94. The number of benzene rings is 1. The topological polar surface area (TPSA) is 34.1 Å². The molecule has 0 unspecified atom stereocenters. The van der Waals surface area contributed by atoms with Crippen molar-refractivity contribution in [2.45, 2.75) is 39.8 Å². The summed E-state index contributed by atoms with van der Waals surface area (Å²) in [5, 5.41) is 6.59. The van der Waals surface area contributed by atoms with E-state index in [2.05, 4.69) is 57.6 Å². The number of aromatic nitrogens is 1. The van der Waals surface area contributed by atoms with Crippen molar-refractivity contribution in [3.63, 3.8) is 0 Å². The van der Waals surface area contributed by atoms with Crippen LogP contribution in [-0.4, -0.2) is 11.5 Å². The molecule has 2 aromatic rings. The molecule has 3 nitrogen and oxygen atoms in total. The van der Waals surface area contributed by atoms with E-state index in [9.17, 15) is 0 Å². The quantitative estimate of drug-likeness (QED) is 0.742. The maximum absolute atomic E-state index is 5.85. The average Bonchev–Trinajstić information content (AvgIpc) is 2.92. The number of hydrogen-bond donors (Lipinski definition) is 1. The Labute approximate surface area is 138 Å². The fraction of sp³-hybridized carbons (Fsp3) is 0.438. The van der Waals surface area contributed by atoms with E-state index in [1.165, 1.54) is 10.6 Å². The van der Waals surface area contributed by atoms with Gasteiger partial charge in [-0.2, -0.15) is 0 Å². The Balaban J connectivity index is 1.92. The number of nitrogens with one attached hydrogen (secondary N) is 1. The molecular weight excluding hydrogens is 348 g/mol. The van der Waals surface area contributed by atoms with Gasteiger partial charge >= 0.3 is 0 Å². The summed E-state index contributed by atoms with van der Waals surface area (Å²) in [6.45, 7) is 6.64. The van der Waals surface area contributed by atoms with Crippen LogP contribution in [-0.2, 0) is 19.6 Å². The third-order valence-electron chi connectivity index (χ3n) is 3.01. The highest BCUT2D eigenvalue weighted by atomic mass is 79.9. The normalized spacial score (nSPS) is 10.8. The van der Waals surface area contributed by atoms with Gasteiger partial charge in [0.05, 0.1) is 15.2 Å². The number of halogens is 1. The van der Waals surface area contributed by atoms with E-state index in [1.807, 2.05) is 6.07 Å². The number of thiazole rings is 1. The average molecular weight is 369 g/mol. The standard InChI is InChI=1S/C16H21BrN2OS/c1-3-5-16-19-13(11-21-16)10-20-15-7-6-12(8-14(15)17)9-18-4-2/h6-8,11,18H,3-5,9-10H2,1-2H3. The van der Waals surface area contributed by atoms with E-state index in [1.54, 1.807) is 11.3 Å². The Morgan fingerprint density at radius 3 is 2.90 bits per heavy atom. The Bertz CT molecular complexity index is 571. The lowest BCUT2D eigenvalue weighted by Crippen LogP contribution is -2.11. The predicted octanol–water partition coefficient (Wildman–Crippen LogP) is 4.55. The summed E-state index contributed by atoms with van der Waals surface area (Å²) in [7, 11) is 0. The molecule has 1 aromatic heterocycles. The number of ether oxygens (including phenoxy) is 1. The number of nitrogens with zero attached hydrogens (tertiary/aromatic N) is 1. The molecule has 0 saturated carbocycles. The van der Waals surface area contributed by atoms with Gasteiger partial charge in [-0.1, -0.05) is 19.9 Å². The van der Waals surface area contributed by atoms with Gasteiger partial charge in [0, 0.05) is 11.9 Å². The SMILES string of the molecule is CCCc1nc(COc2ccc(CNCC)cc2Br)cs1. The molecule has 1 heterocycles. The van der Waals surface area contributed by atoms with E-state index in [4.69, 9.17) is 4.74 Å². The molecule has 1 aromatic carbocycles. The van der Waals surface area contributed by atoms with E-state index in [0.29, 0.717) is 6.61 Å². The summed E-state index contributed by atoms with van der Waals surface area (Å²) in [6.07, 6.45) is 2.18. The van der Waals surface area contributed by atoms with Crippen LogP contribution >= 0.6 is 27.3 Å². The third-order valence-corrected chi connectivity index (χ3v) is 4.59. The van der Waals surface area contributed by atoms with Crippen LogP contribution in [0.2, 0.25) is 0 Å². The predicted molar refractivity (Wildman–Crippen MR) is 92.0 cm³/mol. The van der Waals surface area contributed by atoms with Gasteiger partial charge in [0.1, 0.15) is 12.4 Å². The van der Waals surface area contributed by atoms with Gasteiger partial charge in [-0.25, -0.2) is 4.98 Å². The van der Waals surface area contributed by atoms with Crippen molar-refractivity contribution in [3.8, 4) is 5.75 Å². The first-order valence-electron chi connectivity index (χ1n) is 7.28. The summed E-state index contributed by atoms with van der Waals surface area (Å²) in [4.78, 5) is 4.57. The molecule has 0 amide bonds. The second-order valence-corrected chi connectivity index (χ2v) is 6.61. The molecule has 5 heteroatoms. The van der Waals surface area contributed by atoms with Gasteiger partial charge in [-0.3, -0.25) is 0 Å². The zero-order valence-electron chi connectivity index (χ0n) is 12.5. The van der Waals surface area contributed by atoms with Crippen LogP contribution in [0, 0.1) is 0 Å². The minimum atomic E-state index is 0.519. The van der Waals surface area contributed by atoms with Gasteiger partial charge < -0.3 is 10.1 Å². The molecule has 0 radical (unpaired) electrons. The lowest BCUT2D eigenvalue weighted by Gasteiger charge is -2.09. The van der Waals surface area contributed by atoms with Gasteiger partial charge in [0.2, 0.25) is 0 Å². The Morgan fingerprint density at radius 2 is 2.19 bits per heavy atom. The van der Waals surface area contributed by atoms with Gasteiger partial charge in [0.15, 0.2) is 0 Å². The first kappa shape index (κ1) is 16.5. The largest absolute Gasteiger partial charge is 0.486 e. The number of hydrogen-bond acceptors (Lipinski definition) is 4. The monoisotopic (exact) mass is 368 g/mol. The molecule has 114 valence electrons. The van der Waals surface area contributed by atoms with E-state index in [-0.39, 0.29) is 0 Å². The van der Waals surface area contributed by atoms with Crippen molar-refractivity contribution in [2.24, 2.45) is 0 Å². The van der Waals surface area contributed by atoms with Crippen LogP contribution in [0.15, 0.2) is 28.1 Å². The zero-order chi connectivity index (χ0) is 15.1. The molecule has 2 rings (SSSR count). The first-order valence-corrected chi connectivity index (χ1v) is 8.95.